The van der Waals surface area contributed by atoms with Gasteiger partial charge in [0, 0.05) is 11.9 Å². The third-order valence-corrected chi connectivity index (χ3v) is 6.11. The number of aromatic nitrogens is 2. The molecule has 0 spiro atoms. The summed E-state index contributed by atoms with van der Waals surface area (Å²) >= 11 is 3.53. The lowest BCUT2D eigenvalue weighted by molar-refractivity contribution is 0.227. The molecule has 7 heteroatoms. The summed E-state index contributed by atoms with van der Waals surface area (Å²) in [5, 5.41) is 0.967. The average Bonchev–Trinajstić information content (AvgIpc) is 2.92. The molecule has 102 valence electrons. The van der Waals surface area contributed by atoms with Gasteiger partial charge in [0.15, 0.2) is 5.03 Å². The first kappa shape index (κ1) is 14.0. The smallest absolute Gasteiger partial charge is 0.257 e. The van der Waals surface area contributed by atoms with Gasteiger partial charge in [-0.2, -0.15) is 0 Å². The van der Waals surface area contributed by atoms with Crippen molar-refractivity contribution in [1.82, 2.24) is 14.7 Å². The number of hydrogen-bond donors (Lipinski definition) is 2. The molecule has 1 heterocycles. The van der Waals surface area contributed by atoms with Crippen molar-refractivity contribution in [2.45, 2.75) is 37.1 Å². The minimum Gasteiger partial charge on any atom is -0.335 e. The van der Waals surface area contributed by atoms with Crippen molar-refractivity contribution in [2.24, 2.45) is 5.41 Å². The van der Waals surface area contributed by atoms with Gasteiger partial charge in [-0.1, -0.05) is 35.2 Å². The fourth-order valence-electron chi connectivity index (χ4n) is 2.38. The molecule has 0 atom stereocenters. The molecular weight excluding hydrogens is 318 g/mol. The minimum absolute atomic E-state index is 0.0609. The fraction of sp³-hybridized carbons (Fsp3) is 0.727. The van der Waals surface area contributed by atoms with E-state index in [9.17, 15) is 8.42 Å². The fourth-order valence-corrected chi connectivity index (χ4v) is 4.19. The Morgan fingerprint density at radius 3 is 2.67 bits per heavy atom. The van der Waals surface area contributed by atoms with E-state index in [4.69, 9.17) is 0 Å². The van der Waals surface area contributed by atoms with E-state index in [0.717, 1.165) is 18.2 Å². The van der Waals surface area contributed by atoms with Gasteiger partial charge in [-0.15, -0.1) is 0 Å². The maximum Gasteiger partial charge on any atom is 0.257 e. The normalized spacial score (nSPS) is 19.8. The number of hydrogen-bond acceptors (Lipinski definition) is 3. The predicted molar refractivity (Wildman–Crippen MR) is 73.1 cm³/mol. The molecule has 0 aliphatic heterocycles. The maximum atomic E-state index is 12.0. The van der Waals surface area contributed by atoms with Crippen molar-refractivity contribution in [3.8, 4) is 0 Å². The van der Waals surface area contributed by atoms with Crippen molar-refractivity contribution in [3.05, 3.63) is 12.5 Å². The highest BCUT2D eigenvalue weighted by atomic mass is 79.9. The molecule has 0 unspecified atom stereocenters. The first-order valence-electron chi connectivity index (χ1n) is 6.12. The van der Waals surface area contributed by atoms with Crippen molar-refractivity contribution >= 4 is 26.0 Å². The molecule has 2 rings (SSSR count). The van der Waals surface area contributed by atoms with E-state index < -0.39 is 10.0 Å². The van der Waals surface area contributed by atoms with E-state index in [-0.39, 0.29) is 10.4 Å². The molecule has 2 N–H and O–H groups in total. The Bertz CT molecular complexity index is 466. The SMILES string of the molecule is O=S(=O)(NCC1(CBr)CCCCC1)c1cnc[nH]1. The number of halogens is 1. The van der Waals surface area contributed by atoms with Crippen LogP contribution in [-0.4, -0.2) is 30.3 Å². The zero-order valence-electron chi connectivity index (χ0n) is 10.2. The van der Waals surface area contributed by atoms with Gasteiger partial charge in [0.2, 0.25) is 0 Å². The summed E-state index contributed by atoms with van der Waals surface area (Å²) in [7, 11) is -3.45. The summed E-state index contributed by atoms with van der Waals surface area (Å²) in [5.41, 5.74) is 0.0609. The molecule has 0 bridgehead atoms. The Hall–Kier alpha value is -0.400. The molecule has 0 saturated heterocycles. The molecule has 0 aromatic carbocycles. The Morgan fingerprint density at radius 2 is 2.11 bits per heavy atom. The van der Waals surface area contributed by atoms with Crippen LogP contribution in [-0.2, 0) is 10.0 Å². The number of aromatic amines is 1. The quantitative estimate of drug-likeness (QED) is 0.808. The van der Waals surface area contributed by atoms with Gasteiger partial charge < -0.3 is 4.98 Å². The molecule has 18 heavy (non-hydrogen) atoms. The summed E-state index contributed by atoms with van der Waals surface area (Å²) in [6.45, 7) is 0.486. The number of nitrogens with one attached hydrogen (secondary N) is 2. The van der Waals surface area contributed by atoms with Gasteiger partial charge in [0.25, 0.3) is 10.0 Å². The lowest BCUT2D eigenvalue weighted by Gasteiger charge is -2.35. The van der Waals surface area contributed by atoms with Crippen molar-refractivity contribution in [3.63, 3.8) is 0 Å². The Morgan fingerprint density at radius 1 is 1.39 bits per heavy atom. The van der Waals surface area contributed by atoms with Crippen LogP contribution in [0.1, 0.15) is 32.1 Å². The predicted octanol–water partition coefficient (Wildman–Crippen LogP) is 2.03. The first-order chi connectivity index (χ1) is 8.58. The summed E-state index contributed by atoms with van der Waals surface area (Å²) in [5.74, 6) is 0. The van der Waals surface area contributed by atoms with Crippen LogP contribution in [0.25, 0.3) is 0 Å². The Balaban J connectivity index is 2.02. The van der Waals surface area contributed by atoms with Crippen LogP contribution in [0.3, 0.4) is 0 Å². The van der Waals surface area contributed by atoms with E-state index in [1.165, 1.54) is 31.8 Å². The summed E-state index contributed by atoms with van der Waals surface area (Å²) in [6.07, 6.45) is 8.45. The van der Waals surface area contributed by atoms with Crippen LogP contribution >= 0.6 is 15.9 Å². The number of sulfonamides is 1. The van der Waals surface area contributed by atoms with Crippen molar-refractivity contribution in [2.75, 3.05) is 11.9 Å². The molecule has 0 amide bonds. The van der Waals surface area contributed by atoms with Gasteiger partial charge >= 0.3 is 0 Å². The average molecular weight is 336 g/mol. The molecule has 1 aliphatic carbocycles. The minimum atomic E-state index is -3.45. The highest BCUT2D eigenvalue weighted by Crippen LogP contribution is 2.37. The molecule has 1 aromatic heterocycles. The number of nitrogens with zero attached hydrogens (tertiary/aromatic N) is 1. The van der Waals surface area contributed by atoms with Crippen LogP contribution in [0.2, 0.25) is 0 Å². The number of rotatable bonds is 5. The molecule has 5 nitrogen and oxygen atoms in total. The lowest BCUT2D eigenvalue weighted by Crippen LogP contribution is -2.40. The topological polar surface area (TPSA) is 74.8 Å². The lowest BCUT2D eigenvalue weighted by atomic mass is 9.76. The van der Waals surface area contributed by atoms with Gasteiger partial charge in [0.1, 0.15) is 0 Å². The van der Waals surface area contributed by atoms with Crippen LogP contribution in [0.5, 0.6) is 0 Å². The first-order valence-corrected chi connectivity index (χ1v) is 8.72. The summed E-state index contributed by atoms with van der Waals surface area (Å²) in [6, 6.07) is 0. The third kappa shape index (κ3) is 3.13. The number of alkyl halides is 1. The van der Waals surface area contributed by atoms with Gasteiger partial charge in [0.05, 0.1) is 12.5 Å². The zero-order valence-corrected chi connectivity index (χ0v) is 12.6. The largest absolute Gasteiger partial charge is 0.335 e. The van der Waals surface area contributed by atoms with E-state index >= 15 is 0 Å². The second-order valence-corrected chi connectivity index (χ2v) is 7.23. The summed E-state index contributed by atoms with van der Waals surface area (Å²) in [4.78, 5) is 6.36. The zero-order chi connectivity index (χ0) is 13.1. The van der Waals surface area contributed by atoms with E-state index in [2.05, 4.69) is 30.6 Å². The van der Waals surface area contributed by atoms with E-state index in [0.29, 0.717) is 6.54 Å². The van der Waals surface area contributed by atoms with Crippen LogP contribution < -0.4 is 4.72 Å². The van der Waals surface area contributed by atoms with Crippen LogP contribution in [0.15, 0.2) is 17.6 Å². The second-order valence-electron chi connectivity index (χ2n) is 4.93. The maximum absolute atomic E-state index is 12.0. The summed E-state index contributed by atoms with van der Waals surface area (Å²) < 4.78 is 26.7. The van der Waals surface area contributed by atoms with Crippen LogP contribution in [0, 0.1) is 5.41 Å². The highest BCUT2D eigenvalue weighted by Gasteiger charge is 2.32. The van der Waals surface area contributed by atoms with Crippen molar-refractivity contribution in [1.29, 1.82) is 0 Å². The van der Waals surface area contributed by atoms with Gasteiger partial charge in [-0.3, -0.25) is 0 Å². The Kier molecular flexibility index (Phi) is 4.45. The molecule has 1 fully saturated rings. The van der Waals surface area contributed by atoms with Crippen LogP contribution in [0.4, 0.5) is 0 Å². The second kappa shape index (κ2) is 5.71. The standard InChI is InChI=1S/C11H18BrN3O2S/c12-7-11(4-2-1-3-5-11)8-15-18(16,17)10-6-13-9-14-10/h6,9,15H,1-5,7-8H2,(H,13,14). The van der Waals surface area contributed by atoms with E-state index in [1.807, 2.05) is 0 Å². The molecule has 0 radical (unpaired) electrons. The third-order valence-electron chi connectivity index (χ3n) is 3.60. The Labute approximate surface area is 116 Å². The molecule has 1 aliphatic rings. The number of H-pyrrole nitrogens is 1. The molecule has 1 aromatic rings. The van der Waals surface area contributed by atoms with E-state index in [1.54, 1.807) is 0 Å². The number of imidazole rings is 1. The monoisotopic (exact) mass is 335 g/mol. The molecular formula is C11H18BrN3O2S. The van der Waals surface area contributed by atoms with Gasteiger partial charge in [-0.05, 0) is 18.3 Å². The molecule has 1 saturated carbocycles. The van der Waals surface area contributed by atoms with Gasteiger partial charge in [-0.25, -0.2) is 18.1 Å². The van der Waals surface area contributed by atoms with Crippen molar-refractivity contribution < 1.29 is 8.42 Å². The highest BCUT2D eigenvalue weighted by molar-refractivity contribution is 9.09.